The van der Waals surface area contributed by atoms with Crippen LogP contribution < -0.4 is 0 Å². The Hall–Kier alpha value is -1.34. The highest BCUT2D eigenvalue weighted by atomic mass is 32.2. The molecule has 0 atom stereocenters. The minimum absolute atomic E-state index is 0.00612. The van der Waals surface area contributed by atoms with Crippen molar-refractivity contribution in [2.45, 2.75) is 25.7 Å². The van der Waals surface area contributed by atoms with E-state index in [9.17, 15) is 13.2 Å². The third kappa shape index (κ3) is 5.89. The van der Waals surface area contributed by atoms with Gasteiger partial charge in [-0.25, -0.2) is 0 Å². The topological polar surface area (TPSA) is 85.5 Å². The van der Waals surface area contributed by atoms with Crippen LogP contribution in [0.3, 0.4) is 0 Å². The van der Waals surface area contributed by atoms with Crippen LogP contribution in [0.15, 0.2) is 12.3 Å². The Balaban J connectivity index is 2.37. The van der Waals surface area contributed by atoms with Gasteiger partial charge < -0.3 is 9.72 Å². The molecule has 0 spiro atoms. The van der Waals surface area contributed by atoms with Crippen LogP contribution >= 0.6 is 0 Å². The van der Waals surface area contributed by atoms with E-state index in [1.54, 1.807) is 0 Å². The summed E-state index contributed by atoms with van der Waals surface area (Å²) in [5.74, 6) is -0.242. The van der Waals surface area contributed by atoms with Gasteiger partial charge in [0.2, 0.25) is 0 Å². The average molecular weight is 289 g/mol. The van der Waals surface area contributed by atoms with E-state index in [0.717, 1.165) is 18.4 Å². The van der Waals surface area contributed by atoms with E-state index in [2.05, 4.69) is 13.9 Å². The lowest BCUT2D eigenvalue weighted by Crippen LogP contribution is -2.08. The second-order valence-electron chi connectivity index (χ2n) is 4.14. The minimum atomic E-state index is -3.38. The third-order valence-electron chi connectivity index (χ3n) is 2.74. The van der Waals surface area contributed by atoms with Crippen molar-refractivity contribution in [3.05, 3.63) is 23.5 Å². The van der Waals surface area contributed by atoms with E-state index in [4.69, 9.17) is 0 Å². The first-order valence-corrected chi connectivity index (χ1v) is 7.56. The highest BCUT2D eigenvalue weighted by molar-refractivity contribution is 7.86. The van der Waals surface area contributed by atoms with Crippen LogP contribution in [0.4, 0.5) is 0 Å². The maximum atomic E-state index is 11.1. The molecule has 1 N–H and O–H groups in total. The summed E-state index contributed by atoms with van der Waals surface area (Å²) in [6.07, 6.45) is 3.89. The summed E-state index contributed by atoms with van der Waals surface area (Å²) in [7, 11) is -0.856. The van der Waals surface area contributed by atoms with Crippen LogP contribution in [-0.2, 0) is 36.7 Å². The van der Waals surface area contributed by atoms with Gasteiger partial charge >= 0.3 is 5.97 Å². The second kappa shape index (κ2) is 7.30. The van der Waals surface area contributed by atoms with Crippen molar-refractivity contribution in [2.24, 2.45) is 0 Å². The van der Waals surface area contributed by atoms with Gasteiger partial charge in [-0.15, -0.1) is 0 Å². The number of ether oxygens (including phenoxy) is 1. The van der Waals surface area contributed by atoms with Gasteiger partial charge in [0.05, 0.1) is 26.4 Å². The molecule has 0 fully saturated rings. The number of hydrogen-bond donors (Lipinski definition) is 1. The number of carbonyl (C=O) groups is 1. The minimum Gasteiger partial charge on any atom is -0.469 e. The van der Waals surface area contributed by atoms with Crippen LogP contribution in [0.25, 0.3) is 0 Å². The van der Waals surface area contributed by atoms with Crippen molar-refractivity contribution in [1.82, 2.24) is 4.98 Å². The predicted molar refractivity (Wildman–Crippen MR) is 70.2 cm³/mol. The molecule has 19 heavy (non-hydrogen) atoms. The molecule has 0 amide bonds. The molecule has 1 rings (SSSR count). The molecule has 1 heterocycles. The number of rotatable bonds is 8. The standard InChI is InChI=1S/C12H19NO5S/c1-17-12(14)6-5-11-8-10(9-13-11)4-3-7-19(15,16)18-2/h8-9,13H,3-7H2,1-2H3. The zero-order valence-corrected chi connectivity index (χ0v) is 12.0. The highest BCUT2D eigenvalue weighted by Crippen LogP contribution is 2.09. The molecule has 0 saturated heterocycles. The molecule has 0 aliphatic heterocycles. The van der Waals surface area contributed by atoms with Crippen LogP contribution in [0.5, 0.6) is 0 Å². The normalized spacial score (nSPS) is 11.5. The Bertz CT molecular complexity index is 506. The van der Waals surface area contributed by atoms with Gasteiger partial charge in [0.15, 0.2) is 0 Å². The van der Waals surface area contributed by atoms with Crippen LogP contribution in [-0.4, -0.2) is 39.3 Å². The van der Waals surface area contributed by atoms with Gasteiger partial charge in [-0.2, -0.15) is 8.42 Å². The fraction of sp³-hybridized carbons (Fsp3) is 0.583. The molecule has 0 aromatic carbocycles. The number of aromatic amines is 1. The summed E-state index contributed by atoms with van der Waals surface area (Å²) in [5.41, 5.74) is 1.96. The molecule has 0 unspecified atom stereocenters. The molecule has 1 aromatic heterocycles. The Kier molecular flexibility index (Phi) is 6.04. The fourth-order valence-corrected chi connectivity index (χ4v) is 2.32. The van der Waals surface area contributed by atoms with Gasteiger partial charge in [-0.05, 0) is 30.9 Å². The van der Waals surface area contributed by atoms with Crippen molar-refractivity contribution in [2.75, 3.05) is 20.0 Å². The molecule has 7 heteroatoms. The smallest absolute Gasteiger partial charge is 0.305 e. The average Bonchev–Trinajstić information content (AvgIpc) is 2.83. The monoisotopic (exact) mass is 289 g/mol. The summed E-state index contributed by atoms with van der Waals surface area (Å²) < 4.78 is 31.2. The number of H-pyrrole nitrogens is 1. The van der Waals surface area contributed by atoms with Crippen molar-refractivity contribution in [3.8, 4) is 0 Å². The van der Waals surface area contributed by atoms with Gasteiger partial charge in [0.1, 0.15) is 0 Å². The van der Waals surface area contributed by atoms with Crippen LogP contribution in [0.1, 0.15) is 24.1 Å². The van der Waals surface area contributed by atoms with Crippen LogP contribution in [0.2, 0.25) is 0 Å². The lowest BCUT2D eigenvalue weighted by Gasteiger charge is -1.99. The number of nitrogens with one attached hydrogen (secondary N) is 1. The number of aryl methyl sites for hydroxylation is 2. The number of methoxy groups -OCH3 is 1. The highest BCUT2D eigenvalue weighted by Gasteiger charge is 2.09. The molecule has 0 radical (unpaired) electrons. The number of esters is 1. The summed E-state index contributed by atoms with van der Waals surface area (Å²) in [6.45, 7) is 0. The number of hydrogen-bond acceptors (Lipinski definition) is 5. The van der Waals surface area contributed by atoms with Crippen molar-refractivity contribution in [1.29, 1.82) is 0 Å². The molecule has 6 nitrogen and oxygen atoms in total. The summed E-state index contributed by atoms with van der Waals surface area (Å²) >= 11 is 0. The van der Waals surface area contributed by atoms with E-state index >= 15 is 0 Å². The summed E-state index contributed by atoms with van der Waals surface area (Å²) in [4.78, 5) is 14.0. The van der Waals surface area contributed by atoms with Gasteiger partial charge in [0, 0.05) is 11.9 Å². The molecule has 0 aliphatic carbocycles. The lowest BCUT2D eigenvalue weighted by atomic mass is 10.1. The Morgan fingerprint density at radius 2 is 2.05 bits per heavy atom. The van der Waals surface area contributed by atoms with Gasteiger partial charge in [-0.1, -0.05) is 0 Å². The quantitative estimate of drug-likeness (QED) is 0.570. The largest absolute Gasteiger partial charge is 0.469 e. The first-order chi connectivity index (χ1) is 8.96. The molecule has 0 bridgehead atoms. The van der Waals surface area contributed by atoms with E-state index in [0.29, 0.717) is 25.7 Å². The van der Waals surface area contributed by atoms with E-state index < -0.39 is 10.1 Å². The molecular weight excluding hydrogens is 270 g/mol. The maximum absolute atomic E-state index is 11.1. The van der Waals surface area contributed by atoms with Gasteiger partial charge in [0.25, 0.3) is 10.1 Å². The Morgan fingerprint density at radius 1 is 1.32 bits per heavy atom. The number of carbonyl (C=O) groups excluding carboxylic acids is 1. The maximum Gasteiger partial charge on any atom is 0.305 e. The van der Waals surface area contributed by atoms with Crippen molar-refractivity contribution >= 4 is 16.1 Å². The van der Waals surface area contributed by atoms with Crippen LogP contribution in [0, 0.1) is 0 Å². The lowest BCUT2D eigenvalue weighted by molar-refractivity contribution is -0.140. The summed E-state index contributed by atoms with van der Waals surface area (Å²) in [5, 5.41) is 0. The first kappa shape index (κ1) is 15.7. The van der Waals surface area contributed by atoms with Crippen molar-refractivity contribution in [3.63, 3.8) is 0 Å². The van der Waals surface area contributed by atoms with E-state index in [1.165, 1.54) is 7.11 Å². The second-order valence-corrected chi connectivity index (χ2v) is 6.00. The fourth-order valence-electron chi connectivity index (χ4n) is 1.66. The molecule has 0 aliphatic rings. The molecular formula is C12H19NO5S. The molecule has 108 valence electrons. The molecule has 0 saturated carbocycles. The third-order valence-corrected chi connectivity index (χ3v) is 4.04. The first-order valence-electron chi connectivity index (χ1n) is 5.98. The summed E-state index contributed by atoms with van der Waals surface area (Å²) in [6, 6.07) is 1.93. The predicted octanol–water partition coefficient (Wildman–Crippen LogP) is 1.03. The SMILES string of the molecule is COC(=O)CCc1cc(CCCS(=O)(=O)OC)c[nH]1. The zero-order valence-electron chi connectivity index (χ0n) is 11.1. The number of aromatic nitrogens is 1. The van der Waals surface area contributed by atoms with E-state index in [1.807, 2.05) is 12.3 Å². The Labute approximate surface area is 113 Å². The van der Waals surface area contributed by atoms with E-state index in [-0.39, 0.29) is 11.7 Å². The van der Waals surface area contributed by atoms with Gasteiger partial charge in [-0.3, -0.25) is 8.98 Å². The van der Waals surface area contributed by atoms with Crippen molar-refractivity contribution < 1.29 is 22.1 Å². The zero-order chi connectivity index (χ0) is 14.3. The Morgan fingerprint density at radius 3 is 2.68 bits per heavy atom. The molecule has 1 aromatic rings.